The van der Waals surface area contributed by atoms with Crippen molar-refractivity contribution in [1.82, 2.24) is 0 Å². The predicted octanol–water partition coefficient (Wildman–Crippen LogP) is 2.69. The molecule has 102 valence electrons. The maximum atomic E-state index is 12.8. The quantitative estimate of drug-likeness (QED) is 0.343. The Bertz CT molecular complexity index is 477. The first-order valence-electron chi connectivity index (χ1n) is 6.10. The van der Waals surface area contributed by atoms with Gasteiger partial charge in [-0.25, -0.2) is 9.18 Å². The molecular weight excluding hydrogens is 247 g/mol. The van der Waals surface area contributed by atoms with Crippen LogP contribution in [0.1, 0.15) is 19.4 Å². The van der Waals surface area contributed by atoms with Crippen molar-refractivity contribution in [3.63, 3.8) is 0 Å². The van der Waals surface area contributed by atoms with Gasteiger partial charge in [-0.2, -0.15) is 0 Å². The highest BCUT2D eigenvalue weighted by Gasteiger charge is 2.22. The number of carbonyl (C=O) groups excluding carboxylic acids is 2. The first-order chi connectivity index (χ1) is 8.95. The number of benzene rings is 1. The number of rotatable bonds is 6. The molecule has 1 unspecified atom stereocenters. The molecule has 0 aliphatic carbocycles. The summed E-state index contributed by atoms with van der Waals surface area (Å²) in [6.45, 7) is 7.04. The van der Waals surface area contributed by atoms with Crippen LogP contribution in [-0.2, 0) is 20.7 Å². The van der Waals surface area contributed by atoms with Gasteiger partial charge in [-0.3, -0.25) is 4.79 Å². The van der Waals surface area contributed by atoms with Gasteiger partial charge in [-0.15, -0.1) is 0 Å². The molecule has 1 aromatic rings. The molecule has 0 aromatic heterocycles. The van der Waals surface area contributed by atoms with Crippen LogP contribution in [0.4, 0.5) is 4.39 Å². The van der Waals surface area contributed by atoms with Crippen molar-refractivity contribution in [1.29, 1.82) is 0 Å². The number of halogens is 1. The minimum absolute atomic E-state index is 0.142. The molecule has 0 radical (unpaired) electrons. The van der Waals surface area contributed by atoms with Crippen LogP contribution in [0.3, 0.4) is 0 Å². The van der Waals surface area contributed by atoms with E-state index in [1.165, 1.54) is 12.1 Å². The Morgan fingerprint density at radius 2 is 1.89 bits per heavy atom. The van der Waals surface area contributed by atoms with Gasteiger partial charge in [0.15, 0.2) is 5.78 Å². The van der Waals surface area contributed by atoms with Gasteiger partial charge in [0.05, 0.1) is 12.2 Å². The molecule has 1 aromatic carbocycles. The summed E-state index contributed by atoms with van der Waals surface area (Å²) < 4.78 is 17.5. The Labute approximate surface area is 112 Å². The molecule has 0 fully saturated rings. The summed E-state index contributed by atoms with van der Waals surface area (Å²) in [6.07, 6.45) is 0.428. The van der Waals surface area contributed by atoms with E-state index in [4.69, 9.17) is 4.74 Å². The fourth-order valence-electron chi connectivity index (χ4n) is 1.68. The van der Waals surface area contributed by atoms with Gasteiger partial charge in [-0.05, 0) is 31.0 Å². The number of ether oxygens (including phenoxy) is 1. The van der Waals surface area contributed by atoms with E-state index in [0.717, 1.165) is 5.56 Å². The van der Waals surface area contributed by atoms with Gasteiger partial charge in [0.25, 0.3) is 0 Å². The number of hydrogen-bond acceptors (Lipinski definition) is 3. The molecule has 0 heterocycles. The fraction of sp³-hybridized carbons (Fsp3) is 0.333. The van der Waals surface area contributed by atoms with E-state index < -0.39 is 11.9 Å². The number of esters is 1. The molecule has 0 amide bonds. The van der Waals surface area contributed by atoms with Crippen molar-refractivity contribution in [2.24, 2.45) is 5.92 Å². The second kappa shape index (κ2) is 6.83. The molecular formula is C15H17FO3. The average molecular weight is 264 g/mol. The normalized spacial score (nSPS) is 11.7. The van der Waals surface area contributed by atoms with E-state index in [9.17, 15) is 14.0 Å². The number of hydrogen-bond donors (Lipinski definition) is 0. The lowest BCUT2D eigenvalue weighted by molar-refractivity contribution is -0.140. The molecule has 1 rings (SSSR count). The Morgan fingerprint density at radius 3 is 2.42 bits per heavy atom. The van der Waals surface area contributed by atoms with E-state index in [-0.39, 0.29) is 23.8 Å². The predicted molar refractivity (Wildman–Crippen MR) is 70.0 cm³/mol. The standard InChI is InChI=1S/C15H17FO3/c1-4-19-15(18)11(3)14(17)10(2)9-12-5-7-13(16)8-6-12/h5-8,10H,3-4,9H2,1-2H3. The van der Waals surface area contributed by atoms with E-state index >= 15 is 0 Å². The fourth-order valence-corrected chi connectivity index (χ4v) is 1.68. The molecule has 19 heavy (non-hydrogen) atoms. The van der Waals surface area contributed by atoms with Crippen LogP contribution >= 0.6 is 0 Å². The van der Waals surface area contributed by atoms with Gasteiger partial charge < -0.3 is 4.74 Å². The summed E-state index contributed by atoms with van der Waals surface area (Å²) in [5.74, 6) is -1.75. The van der Waals surface area contributed by atoms with Gasteiger partial charge >= 0.3 is 5.97 Å². The maximum Gasteiger partial charge on any atom is 0.341 e. The minimum Gasteiger partial charge on any atom is -0.462 e. The number of carbonyl (C=O) groups is 2. The van der Waals surface area contributed by atoms with Crippen molar-refractivity contribution in [2.75, 3.05) is 6.61 Å². The van der Waals surface area contributed by atoms with Crippen molar-refractivity contribution < 1.29 is 18.7 Å². The van der Waals surface area contributed by atoms with E-state index in [1.54, 1.807) is 26.0 Å². The molecule has 0 saturated carbocycles. The van der Waals surface area contributed by atoms with Gasteiger partial charge in [0.1, 0.15) is 5.82 Å². The van der Waals surface area contributed by atoms with Crippen molar-refractivity contribution in [2.45, 2.75) is 20.3 Å². The van der Waals surface area contributed by atoms with Crippen molar-refractivity contribution in [3.8, 4) is 0 Å². The number of ketones is 1. The largest absolute Gasteiger partial charge is 0.462 e. The third-order valence-corrected chi connectivity index (χ3v) is 2.72. The lowest BCUT2D eigenvalue weighted by Crippen LogP contribution is -2.22. The summed E-state index contributed by atoms with van der Waals surface area (Å²) in [5.41, 5.74) is 0.690. The zero-order valence-corrected chi connectivity index (χ0v) is 11.1. The summed E-state index contributed by atoms with van der Waals surface area (Å²) in [6, 6.07) is 5.91. The molecule has 1 atom stereocenters. The van der Waals surface area contributed by atoms with Crippen LogP contribution in [0.15, 0.2) is 36.4 Å². The Kier molecular flexibility index (Phi) is 5.42. The molecule has 0 saturated heterocycles. The first kappa shape index (κ1) is 15.1. The molecule has 0 aliphatic rings. The van der Waals surface area contributed by atoms with Crippen LogP contribution in [0.25, 0.3) is 0 Å². The van der Waals surface area contributed by atoms with E-state index in [1.807, 2.05) is 0 Å². The third kappa shape index (κ3) is 4.32. The van der Waals surface area contributed by atoms with Gasteiger partial charge in [0.2, 0.25) is 0 Å². The Hall–Kier alpha value is -1.97. The molecule has 0 aliphatic heterocycles. The third-order valence-electron chi connectivity index (χ3n) is 2.72. The van der Waals surface area contributed by atoms with Crippen molar-refractivity contribution in [3.05, 3.63) is 47.8 Å². The SMILES string of the molecule is C=C(C(=O)OCC)C(=O)C(C)Cc1ccc(F)cc1. The summed E-state index contributed by atoms with van der Waals surface area (Å²) >= 11 is 0. The number of Topliss-reactive ketones (excluding diaryl/α,β-unsaturated/α-hetero) is 1. The Morgan fingerprint density at radius 1 is 1.32 bits per heavy atom. The summed E-state index contributed by atoms with van der Waals surface area (Å²) in [5, 5.41) is 0. The monoisotopic (exact) mass is 264 g/mol. The molecule has 3 nitrogen and oxygen atoms in total. The highest BCUT2D eigenvalue weighted by atomic mass is 19.1. The van der Waals surface area contributed by atoms with E-state index in [0.29, 0.717) is 6.42 Å². The first-order valence-corrected chi connectivity index (χ1v) is 6.10. The van der Waals surface area contributed by atoms with E-state index in [2.05, 4.69) is 6.58 Å². The van der Waals surface area contributed by atoms with Crippen molar-refractivity contribution >= 4 is 11.8 Å². The molecule has 0 N–H and O–H groups in total. The zero-order chi connectivity index (χ0) is 14.4. The molecule has 0 bridgehead atoms. The zero-order valence-electron chi connectivity index (χ0n) is 11.1. The second-order valence-corrected chi connectivity index (χ2v) is 4.29. The van der Waals surface area contributed by atoms with Crippen LogP contribution in [0.2, 0.25) is 0 Å². The molecule has 0 spiro atoms. The topological polar surface area (TPSA) is 43.4 Å². The van der Waals surface area contributed by atoms with Gasteiger partial charge in [0, 0.05) is 5.92 Å². The highest BCUT2D eigenvalue weighted by molar-refractivity contribution is 6.17. The Balaban J connectivity index is 2.64. The van der Waals surface area contributed by atoms with Gasteiger partial charge in [-0.1, -0.05) is 25.6 Å². The highest BCUT2D eigenvalue weighted by Crippen LogP contribution is 2.14. The summed E-state index contributed by atoms with van der Waals surface area (Å²) in [7, 11) is 0. The lowest BCUT2D eigenvalue weighted by atomic mass is 9.93. The second-order valence-electron chi connectivity index (χ2n) is 4.29. The van der Waals surface area contributed by atoms with Crippen LogP contribution < -0.4 is 0 Å². The van der Waals surface area contributed by atoms with Crippen LogP contribution in [-0.4, -0.2) is 18.4 Å². The average Bonchev–Trinajstić information content (AvgIpc) is 2.39. The summed E-state index contributed by atoms with van der Waals surface area (Å²) in [4.78, 5) is 23.3. The minimum atomic E-state index is -0.682. The van der Waals surface area contributed by atoms with Crippen LogP contribution in [0, 0.1) is 11.7 Å². The maximum absolute atomic E-state index is 12.8. The lowest BCUT2D eigenvalue weighted by Gasteiger charge is -2.11. The molecule has 4 heteroatoms. The smallest absolute Gasteiger partial charge is 0.341 e. The van der Waals surface area contributed by atoms with Crippen LogP contribution in [0.5, 0.6) is 0 Å².